The molecule has 0 atom stereocenters. The largest absolute Gasteiger partial charge is 0.426 e. The standard InChI is InChI=1S/C25H17N3O6S/c1-27-21-5-3-2-4-20(21)26-25(27)35-14-24(30)33-17-10-11-18-19(13-23(29)34-22(18)12-17)15-6-8-16(9-7-15)28(31)32/h2-13H,14H2,1H3. The predicted molar refractivity (Wildman–Crippen MR) is 132 cm³/mol. The Balaban J connectivity index is 1.35. The second kappa shape index (κ2) is 9.07. The molecular weight excluding hydrogens is 470 g/mol. The molecule has 0 aliphatic rings. The van der Waals surface area contributed by atoms with Gasteiger partial charge in [-0.1, -0.05) is 23.9 Å². The maximum absolute atomic E-state index is 12.5. The summed E-state index contributed by atoms with van der Waals surface area (Å²) in [6.45, 7) is 0. The minimum absolute atomic E-state index is 0.0436. The van der Waals surface area contributed by atoms with E-state index in [0.717, 1.165) is 11.0 Å². The summed E-state index contributed by atoms with van der Waals surface area (Å²) in [6, 6.07) is 19.7. The number of nitro groups is 1. The number of para-hydroxylation sites is 2. The van der Waals surface area contributed by atoms with E-state index in [1.165, 1.54) is 36.0 Å². The van der Waals surface area contributed by atoms with Crippen LogP contribution in [-0.2, 0) is 11.8 Å². The number of aromatic nitrogens is 2. The van der Waals surface area contributed by atoms with Crippen LogP contribution in [0.25, 0.3) is 33.1 Å². The summed E-state index contributed by atoms with van der Waals surface area (Å²) in [5.41, 5.74) is 2.59. The predicted octanol–water partition coefficient (Wildman–Crippen LogP) is 4.95. The van der Waals surface area contributed by atoms with Gasteiger partial charge in [-0.25, -0.2) is 9.78 Å². The van der Waals surface area contributed by atoms with Crippen molar-refractivity contribution in [1.82, 2.24) is 9.55 Å². The molecule has 2 aromatic heterocycles. The lowest BCUT2D eigenvalue weighted by atomic mass is 10.0. The number of rotatable bonds is 6. The molecule has 9 nitrogen and oxygen atoms in total. The Morgan fingerprint density at radius 3 is 2.63 bits per heavy atom. The number of fused-ring (bicyclic) bond motifs is 2. The lowest BCUT2D eigenvalue weighted by molar-refractivity contribution is -0.384. The summed E-state index contributed by atoms with van der Waals surface area (Å²) < 4.78 is 12.7. The van der Waals surface area contributed by atoms with E-state index in [-0.39, 0.29) is 22.8 Å². The Morgan fingerprint density at radius 2 is 1.89 bits per heavy atom. The fourth-order valence-electron chi connectivity index (χ4n) is 3.74. The third-order valence-corrected chi connectivity index (χ3v) is 6.41. The van der Waals surface area contributed by atoms with Crippen LogP contribution < -0.4 is 10.4 Å². The summed E-state index contributed by atoms with van der Waals surface area (Å²) >= 11 is 1.27. The van der Waals surface area contributed by atoms with Crippen LogP contribution in [0.2, 0.25) is 0 Å². The first-order chi connectivity index (χ1) is 16.9. The first-order valence-electron chi connectivity index (χ1n) is 10.5. The van der Waals surface area contributed by atoms with Crippen molar-refractivity contribution in [3.05, 3.63) is 93.3 Å². The van der Waals surface area contributed by atoms with Crippen LogP contribution in [0.5, 0.6) is 5.75 Å². The zero-order valence-corrected chi connectivity index (χ0v) is 19.2. The lowest BCUT2D eigenvalue weighted by Crippen LogP contribution is -2.11. The SMILES string of the molecule is Cn1c(SCC(=O)Oc2ccc3c(-c4ccc([N+](=O)[O-])cc4)cc(=O)oc3c2)nc2ccccc21. The van der Waals surface area contributed by atoms with Crippen LogP contribution in [0.1, 0.15) is 0 Å². The van der Waals surface area contributed by atoms with Crippen molar-refractivity contribution in [3.8, 4) is 16.9 Å². The zero-order chi connectivity index (χ0) is 24.5. The molecule has 0 radical (unpaired) electrons. The van der Waals surface area contributed by atoms with Crippen LogP contribution in [-0.4, -0.2) is 26.2 Å². The molecule has 0 bridgehead atoms. The summed E-state index contributed by atoms with van der Waals surface area (Å²) in [4.78, 5) is 39.6. The van der Waals surface area contributed by atoms with Crippen LogP contribution >= 0.6 is 11.8 Å². The van der Waals surface area contributed by atoms with Gasteiger partial charge in [0.15, 0.2) is 5.16 Å². The number of benzene rings is 3. The van der Waals surface area contributed by atoms with Gasteiger partial charge in [0.05, 0.1) is 21.7 Å². The molecule has 0 saturated heterocycles. The molecular formula is C25H17N3O6S. The molecule has 0 unspecified atom stereocenters. The molecule has 3 aromatic carbocycles. The Bertz CT molecular complexity index is 1660. The van der Waals surface area contributed by atoms with Crippen molar-refractivity contribution >= 4 is 45.4 Å². The van der Waals surface area contributed by atoms with Gasteiger partial charge in [0.1, 0.15) is 11.3 Å². The number of nitrogens with zero attached hydrogens (tertiary/aromatic N) is 3. The molecule has 0 N–H and O–H groups in total. The fraction of sp³-hybridized carbons (Fsp3) is 0.0800. The summed E-state index contributed by atoms with van der Waals surface area (Å²) in [7, 11) is 1.89. The molecule has 0 amide bonds. The molecule has 0 spiro atoms. The number of hydrogen-bond donors (Lipinski definition) is 0. The van der Waals surface area contributed by atoms with E-state index in [1.807, 2.05) is 35.9 Å². The van der Waals surface area contributed by atoms with E-state index in [0.29, 0.717) is 21.7 Å². The molecule has 35 heavy (non-hydrogen) atoms. The van der Waals surface area contributed by atoms with Gasteiger partial charge in [-0.2, -0.15) is 0 Å². The number of hydrogen-bond acceptors (Lipinski definition) is 8. The highest BCUT2D eigenvalue weighted by Crippen LogP contribution is 2.31. The van der Waals surface area contributed by atoms with Gasteiger partial charge in [-0.3, -0.25) is 14.9 Å². The maximum Gasteiger partial charge on any atom is 0.336 e. The van der Waals surface area contributed by atoms with Gasteiger partial charge >= 0.3 is 11.6 Å². The van der Waals surface area contributed by atoms with E-state index < -0.39 is 16.5 Å². The number of imidazole rings is 1. The summed E-state index contributed by atoms with van der Waals surface area (Å²) in [6.07, 6.45) is 0. The Kier molecular flexibility index (Phi) is 5.79. The van der Waals surface area contributed by atoms with E-state index in [4.69, 9.17) is 9.15 Å². The van der Waals surface area contributed by atoms with Crippen molar-refractivity contribution in [3.63, 3.8) is 0 Å². The Labute approximate surface area is 202 Å². The minimum Gasteiger partial charge on any atom is -0.426 e. The number of nitro benzene ring substituents is 1. The molecule has 0 fully saturated rings. The molecule has 0 saturated carbocycles. The number of non-ortho nitro benzene ring substituents is 1. The average Bonchev–Trinajstić information content (AvgIpc) is 3.17. The Morgan fingerprint density at radius 1 is 1.11 bits per heavy atom. The van der Waals surface area contributed by atoms with Gasteiger partial charge < -0.3 is 13.7 Å². The van der Waals surface area contributed by atoms with Gasteiger partial charge in [-0.15, -0.1) is 0 Å². The van der Waals surface area contributed by atoms with Crippen molar-refractivity contribution in [1.29, 1.82) is 0 Å². The second-order valence-corrected chi connectivity index (χ2v) is 8.59. The quantitative estimate of drug-likeness (QED) is 0.0824. The monoisotopic (exact) mass is 487 g/mol. The van der Waals surface area contributed by atoms with Crippen LogP contribution in [0.15, 0.2) is 87.2 Å². The summed E-state index contributed by atoms with van der Waals surface area (Å²) in [5.74, 6) is -0.200. The number of carbonyl (C=O) groups is 1. The highest BCUT2D eigenvalue weighted by molar-refractivity contribution is 7.99. The lowest BCUT2D eigenvalue weighted by Gasteiger charge is -2.08. The van der Waals surface area contributed by atoms with Gasteiger partial charge in [-0.05, 0) is 47.5 Å². The third kappa shape index (κ3) is 4.51. The first kappa shape index (κ1) is 22.4. The average molecular weight is 487 g/mol. The number of carbonyl (C=O) groups excluding carboxylic acids is 1. The van der Waals surface area contributed by atoms with Crippen molar-refractivity contribution < 1.29 is 18.9 Å². The molecule has 174 valence electrons. The van der Waals surface area contributed by atoms with Gasteiger partial charge in [0.2, 0.25) is 0 Å². The van der Waals surface area contributed by atoms with E-state index in [9.17, 15) is 19.7 Å². The second-order valence-electron chi connectivity index (χ2n) is 7.65. The van der Waals surface area contributed by atoms with Crippen molar-refractivity contribution in [2.24, 2.45) is 7.05 Å². The number of esters is 1. The summed E-state index contributed by atoms with van der Waals surface area (Å²) in [5, 5.41) is 12.2. The highest BCUT2D eigenvalue weighted by Gasteiger charge is 2.14. The fourth-order valence-corrected chi connectivity index (χ4v) is 4.51. The van der Waals surface area contributed by atoms with Crippen LogP contribution in [0.3, 0.4) is 0 Å². The number of aryl methyl sites for hydroxylation is 1. The molecule has 5 rings (SSSR count). The minimum atomic E-state index is -0.591. The van der Waals surface area contributed by atoms with Crippen LogP contribution in [0, 0.1) is 10.1 Å². The normalized spacial score (nSPS) is 11.1. The van der Waals surface area contributed by atoms with E-state index in [2.05, 4.69) is 4.98 Å². The van der Waals surface area contributed by atoms with Crippen molar-refractivity contribution in [2.75, 3.05) is 5.75 Å². The molecule has 0 aliphatic heterocycles. The zero-order valence-electron chi connectivity index (χ0n) is 18.3. The number of thioether (sulfide) groups is 1. The smallest absolute Gasteiger partial charge is 0.336 e. The van der Waals surface area contributed by atoms with E-state index in [1.54, 1.807) is 24.3 Å². The molecule has 0 aliphatic carbocycles. The third-order valence-electron chi connectivity index (χ3n) is 5.40. The molecule has 10 heteroatoms. The maximum atomic E-state index is 12.5. The molecule has 2 heterocycles. The van der Waals surface area contributed by atoms with E-state index >= 15 is 0 Å². The van der Waals surface area contributed by atoms with Gasteiger partial charge in [0, 0.05) is 36.7 Å². The highest BCUT2D eigenvalue weighted by atomic mass is 32.2. The topological polar surface area (TPSA) is 117 Å². The van der Waals surface area contributed by atoms with Crippen LogP contribution in [0.4, 0.5) is 5.69 Å². The van der Waals surface area contributed by atoms with Gasteiger partial charge in [0.25, 0.3) is 5.69 Å². The Hall–Kier alpha value is -4.44. The molecule has 5 aromatic rings. The number of ether oxygens (including phenoxy) is 1. The van der Waals surface area contributed by atoms with Crippen molar-refractivity contribution in [2.45, 2.75) is 5.16 Å². The first-order valence-corrected chi connectivity index (χ1v) is 11.5.